The lowest BCUT2D eigenvalue weighted by Gasteiger charge is -2.34. The van der Waals surface area contributed by atoms with Crippen molar-refractivity contribution in [1.29, 1.82) is 0 Å². The summed E-state index contributed by atoms with van der Waals surface area (Å²) in [6.45, 7) is 6.59. The quantitative estimate of drug-likeness (QED) is 0.805. The topological polar surface area (TPSA) is 69.6 Å². The number of carboxylic acids is 1. The second-order valence-electron chi connectivity index (χ2n) is 5.77. The van der Waals surface area contributed by atoms with Crippen molar-refractivity contribution in [2.45, 2.75) is 52.5 Å². The third-order valence-corrected chi connectivity index (χ3v) is 3.85. The maximum absolute atomic E-state index is 12.1. The molecule has 1 aliphatic carbocycles. The number of hydrogen-bond acceptors (Lipinski definition) is 2. The smallest absolute Gasteiger partial charge is 0.323 e. The molecular formula is C14H26N2O3. The van der Waals surface area contributed by atoms with Crippen LogP contribution in [-0.2, 0) is 4.79 Å². The van der Waals surface area contributed by atoms with Crippen LogP contribution in [0.25, 0.3) is 0 Å². The molecule has 0 aromatic rings. The highest BCUT2D eigenvalue weighted by atomic mass is 16.4. The molecule has 0 saturated heterocycles. The van der Waals surface area contributed by atoms with E-state index in [9.17, 15) is 9.59 Å². The van der Waals surface area contributed by atoms with E-state index in [0.717, 1.165) is 25.7 Å². The first-order chi connectivity index (χ1) is 8.93. The van der Waals surface area contributed by atoms with Gasteiger partial charge in [-0.15, -0.1) is 0 Å². The normalized spacial score (nSPS) is 26.8. The minimum Gasteiger partial charge on any atom is -0.480 e. The Kier molecular flexibility index (Phi) is 6.12. The third-order valence-electron chi connectivity index (χ3n) is 3.85. The molecule has 110 valence electrons. The molecule has 0 aromatic carbocycles. The van der Waals surface area contributed by atoms with E-state index in [0.29, 0.717) is 18.4 Å². The number of aliphatic carboxylic acids is 1. The van der Waals surface area contributed by atoms with E-state index in [2.05, 4.69) is 19.2 Å². The van der Waals surface area contributed by atoms with Gasteiger partial charge < -0.3 is 15.3 Å². The summed E-state index contributed by atoms with van der Waals surface area (Å²) in [5.41, 5.74) is 0. The molecule has 5 heteroatoms. The zero-order valence-electron chi connectivity index (χ0n) is 12.2. The van der Waals surface area contributed by atoms with Gasteiger partial charge >= 0.3 is 12.0 Å². The molecule has 19 heavy (non-hydrogen) atoms. The summed E-state index contributed by atoms with van der Waals surface area (Å²) >= 11 is 0. The zero-order valence-corrected chi connectivity index (χ0v) is 12.2. The highest BCUT2D eigenvalue weighted by molar-refractivity contribution is 5.80. The van der Waals surface area contributed by atoms with Crippen LogP contribution in [0.15, 0.2) is 0 Å². The van der Waals surface area contributed by atoms with Gasteiger partial charge in [0.05, 0.1) is 0 Å². The Labute approximate surface area is 115 Å². The summed E-state index contributed by atoms with van der Waals surface area (Å²) in [4.78, 5) is 24.3. The summed E-state index contributed by atoms with van der Waals surface area (Å²) in [7, 11) is 0. The van der Waals surface area contributed by atoms with Gasteiger partial charge in [-0.05, 0) is 37.5 Å². The minimum atomic E-state index is -0.964. The number of nitrogens with one attached hydrogen (secondary N) is 1. The Bertz CT molecular complexity index is 320. The van der Waals surface area contributed by atoms with Crippen LogP contribution in [0.2, 0.25) is 0 Å². The first-order valence-electron chi connectivity index (χ1n) is 7.21. The van der Waals surface area contributed by atoms with Gasteiger partial charge in [0, 0.05) is 12.6 Å². The largest absolute Gasteiger partial charge is 0.480 e. The van der Waals surface area contributed by atoms with Crippen LogP contribution in [0, 0.1) is 11.8 Å². The molecular weight excluding hydrogens is 244 g/mol. The second kappa shape index (κ2) is 7.36. The Morgan fingerprint density at radius 1 is 1.32 bits per heavy atom. The molecule has 0 spiro atoms. The molecule has 0 heterocycles. The predicted molar refractivity (Wildman–Crippen MR) is 74.0 cm³/mol. The van der Waals surface area contributed by atoms with E-state index in [-0.39, 0.29) is 18.6 Å². The first-order valence-corrected chi connectivity index (χ1v) is 7.21. The lowest BCUT2D eigenvalue weighted by Crippen LogP contribution is -2.50. The molecule has 1 rings (SSSR count). The Hall–Kier alpha value is -1.26. The monoisotopic (exact) mass is 270 g/mol. The highest BCUT2D eigenvalue weighted by Crippen LogP contribution is 2.28. The van der Waals surface area contributed by atoms with Crippen molar-refractivity contribution in [3.63, 3.8) is 0 Å². The van der Waals surface area contributed by atoms with Gasteiger partial charge in [0.15, 0.2) is 0 Å². The molecule has 1 fully saturated rings. The van der Waals surface area contributed by atoms with Crippen LogP contribution < -0.4 is 5.32 Å². The lowest BCUT2D eigenvalue weighted by molar-refractivity contribution is -0.137. The van der Waals surface area contributed by atoms with E-state index in [1.165, 1.54) is 4.90 Å². The van der Waals surface area contributed by atoms with E-state index in [4.69, 9.17) is 5.11 Å². The average molecular weight is 270 g/mol. The molecule has 0 radical (unpaired) electrons. The summed E-state index contributed by atoms with van der Waals surface area (Å²) in [5, 5.41) is 11.8. The predicted octanol–water partition coefficient (Wildman–Crippen LogP) is 2.32. The number of nitrogens with zero attached hydrogens (tertiary/aromatic N) is 1. The molecule has 5 nitrogen and oxygen atoms in total. The van der Waals surface area contributed by atoms with Crippen LogP contribution in [0.5, 0.6) is 0 Å². The van der Waals surface area contributed by atoms with E-state index < -0.39 is 5.97 Å². The van der Waals surface area contributed by atoms with Crippen molar-refractivity contribution in [3.8, 4) is 0 Å². The minimum absolute atomic E-state index is 0.178. The van der Waals surface area contributed by atoms with Gasteiger partial charge in [-0.2, -0.15) is 0 Å². The number of hydrogen-bond donors (Lipinski definition) is 2. The lowest BCUT2D eigenvalue weighted by atomic mass is 9.80. The molecule has 3 atom stereocenters. The van der Waals surface area contributed by atoms with E-state index >= 15 is 0 Å². The van der Waals surface area contributed by atoms with Crippen LogP contribution in [0.4, 0.5) is 4.79 Å². The van der Waals surface area contributed by atoms with Gasteiger partial charge in [-0.25, -0.2) is 4.79 Å². The van der Waals surface area contributed by atoms with Crippen LogP contribution in [0.3, 0.4) is 0 Å². The van der Waals surface area contributed by atoms with Gasteiger partial charge in [0.2, 0.25) is 0 Å². The third kappa shape index (κ3) is 5.09. The second-order valence-corrected chi connectivity index (χ2v) is 5.77. The van der Waals surface area contributed by atoms with Crippen molar-refractivity contribution < 1.29 is 14.7 Å². The molecule has 2 N–H and O–H groups in total. The first kappa shape index (κ1) is 15.8. The molecule has 3 unspecified atom stereocenters. The summed E-state index contributed by atoms with van der Waals surface area (Å²) < 4.78 is 0. The summed E-state index contributed by atoms with van der Waals surface area (Å²) in [6.07, 6.45) is 4.00. The maximum atomic E-state index is 12.1. The van der Waals surface area contributed by atoms with E-state index in [1.807, 2.05) is 6.92 Å². The average Bonchev–Trinajstić information content (AvgIpc) is 2.31. The van der Waals surface area contributed by atoms with Crippen molar-refractivity contribution in [3.05, 3.63) is 0 Å². The summed E-state index contributed by atoms with van der Waals surface area (Å²) in [5.74, 6) is 0.212. The van der Waals surface area contributed by atoms with Gasteiger partial charge in [0.1, 0.15) is 6.54 Å². The fourth-order valence-electron chi connectivity index (χ4n) is 2.82. The van der Waals surface area contributed by atoms with Crippen molar-refractivity contribution in [2.75, 3.05) is 13.1 Å². The van der Waals surface area contributed by atoms with Crippen LogP contribution in [-0.4, -0.2) is 41.1 Å². The van der Waals surface area contributed by atoms with Crippen molar-refractivity contribution >= 4 is 12.0 Å². The zero-order chi connectivity index (χ0) is 14.4. The molecule has 0 aliphatic heterocycles. The number of amides is 2. The van der Waals surface area contributed by atoms with Crippen molar-refractivity contribution in [1.82, 2.24) is 10.2 Å². The molecule has 1 saturated carbocycles. The number of urea groups is 1. The number of carbonyl (C=O) groups is 2. The van der Waals surface area contributed by atoms with Crippen LogP contribution in [0.1, 0.15) is 46.5 Å². The van der Waals surface area contributed by atoms with Gasteiger partial charge in [0.25, 0.3) is 0 Å². The number of rotatable bonds is 5. The molecule has 0 bridgehead atoms. The summed E-state index contributed by atoms with van der Waals surface area (Å²) in [6, 6.07) is -0.0625. The number of carbonyl (C=O) groups excluding carboxylic acids is 1. The van der Waals surface area contributed by atoms with Crippen molar-refractivity contribution in [2.24, 2.45) is 11.8 Å². The SMILES string of the molecule is CCCN(CC(=O)O)C(=O)NC1CCC(C)CC1C. The number of carboxylic acid groups (broad SMARTS) is 1. The van der Waals surface area contributed by atoms with Crippen LogP contribution >= 0.6 is 0 Å². The highest BCUT2D eigenvalue weighted by Gasteiger charge is 2.28. The Balaban J connectivity index is 2.53. The molecule has 1 aliphatic rings. The Morgan fingerprint density at radius 3 is 2.53 bits per heavy atom. The molecule has 2 amide bonds. The standard InChI is InChI=1S/C14H26N2O3/c1-4-7-16(9-13(17)18)14(19)15-12-6-5-10(2)8-11(12)3/h10-12H,4-9H2,1-3H3,(H,15,19)(H,17,18). The maximum Gasteiger partial charge on any atom is 0.323 e. The molecule has 0 aromatic heterocycles. The van der Waals surface area contributed by atoms with Gasteiger partial charge in [-0.1, -0.05) is 20.8 Å². The fourth-order valence-corrected chi connectivity index (χ4v) is 2.82. The van der Waals surface area contributed by atoms with Gasteiger partial charge in [-0.3, -0.25) is 4.79 Å². The van der Waals surface area contributed by atoms with E-state index in [1.54, 1.807) is 0 Å². The Morgan fingerprint density at radius 2 is 2.00 bits per heavy atom. The fraction of sp³-hybridized carbons (Fsp3) is 0.857.